The Balaban J connectivity index is 2.33. The second-order valence-corrected chi connectivity index (χ2v) is 7.28. The molecule has 0 aromatic heterocycles. The Kier molecular flexibility index (Phi) is 6.08. The minimum atomic E-state index is -4.03. The molecule has 0 spiro atoms. The Bertz CT molecular complexity index is 947. The summed E-state index contributed by atoms with van der Waals surface area (Å²) < 4.78 is 40.3. The predicted molar refractivity (Wildman–Crippen MR) is 95.6 cm³/mol. The lowest BCUT2D eigenvalue weighted by Crippen LogP contribution is -2.31. The van der Waals surface area contributed by atoms with Gasteiger partial charge in [-0.05, 0) is 42.5 Å². The molecule has 0 aliphatic heterocycles. The zero-order chi connectivity index (χ0) is 19.3. The molecule has 2 rings (SSSR count). The Hall–Kier alpha value is -2.76. The number of carbonyl (C=O) groups is 1. The van der Waals surface area contributed by atoms with Crippen LogP contribution < -0.4 is 5.32 Å². The summed E-state index contributed by atoms with van der Waals surface area (Å²) in [5, 5.41) is 11.4. The van der Waals surface area contributed by atoms with Crippen LogP contribution in [0, 0.1) is 17.1 Å². The van der Waals surface area contributed by atoms with Crippen LogP contribution in [0.15, 0.2) is 47.4 Å². The molecule has 0 atom stereocenters. The minimum Gasteiger partial charge on any atom is -0.322 e. The van der Waals surface area contributed by atoms with Crippen molar-refractivity contribution in [1.29, 1.82) is 5.26 Å². The number of carbonyl (C=O) groups excluding carboxylic acids is 1. The quantitative estimate of drug-likeness (QED) is 0.840. The number of anilines is 1. The third-order valence-corrected chi connectivity index (χ3v) is 5.85. The summed E-state index contributed by atoms with van der Waals surface area (Å²) >= 11 is 0. The average Bonchev–Trinajstić information content (AvgIpc) is 2.63. The number of nitrogens with one attached hydrogen (secondary N) is 1. The fourth-order valence-electron chi connectivity index (χ4n) is 2.38. The summed E-state index contributed by atoms with van der Waals surface area (Å²) in [5.74, 6) is -1.49. The van der Waals surface area contributed by atoms with Gasteiger partial charge >= 0.3 is 0 Å². The summed E-state index contributed by atoms with van der Waals surface area (Å²) in [5.41, 5.74) is 0.894. The second-order valence-electron chi connectivity index (χ2n) is 5.38. The molecule has 0 bridgehead atoms. The molecule has 0 aliphatic carbocycles. The van der Waals surface area contributed by atoms with E-state index in [1.54, 1.807) is 26.0 Å². The van der Waals surface area contributed by atoms with Gasteiger partial charge in [0.15, 0.2) is 0 Å². The molecule has 0 saturated carbocycles. The molecule has 0 fully saturated rings. The molecule has 6 nitrogen and oxygen atoms in total. The third-order valence-electron chi connectivity index (χ3n) is 3.79. The van der Waals surface area contributed by atoms with Crippen LogP contribution in [0.4, 0.5) is 10.1 Å². The van der Waals surface area contributed by atoms with E-state index in [1.807, 2.05) is 6.07 Å². The van der Waals surface area contributed by atoms with Gasteiger partial charge in [0.2, 0.25) is 10.0 Å². The number of rotatable bonds is 6. The van der Waals surface area contributed by atoms with Crippen molar-refractivity contribution in [3.8, 4) is 6.07 Å². The summed E-state index contributed by atoms with van der Waals surface area (Å²) in [6.45, 7) is 3.70. The molecule has 2 aromatic carbocycles. The number of benzene rings is 2. The lowest BCUT2D eigenvalue weighted by atomic mass is 10.2. The summed E-state index contributed by atoms with van der Waals surface area (Å²) in [6.07, 6.45) is 0. The fraction of sp³-hybridized carbons (Fsp3) is 0.222. The van der Waals surface area contributed by atoms with Crippen molar-refractivity contribution in [2.24, 2.45) is 0 Å². The van der Waals surface area contributed by atoms with Crippen molar-refractivity contribution in [3.05, 3.63) is 59.4 Å². The fourth-order valence-corrected chi connectivity index (χ4v) is 3.92. The highest BCUT2D eigenvalue weighted by Gasteiger charge is 2.26. The van der Waals surface area contributed by atoms with E-state index in [0.29, 0.717) is 11.3 Å². The van der Waals surface area contributed by atoms with Crippen LogP contribution in [0.2, 0.25) is 0 Å². The SMILES string of the molecule is CCN(CC)S(=O)(=O)c1cc(C(=O)Nc2ccc(C#N)cc2)ccc1F. The van der Waals surface area contributed by atoms with Crippen molar-refractivity contribution in [1.82, 2.24) is 4.31 Å². The second kappa shape index (κ2) is 8.08. The van der Waals surface area contributed by atoms with Crippen LogP contribution in [0.25, 0.3) is 0 Å². The van der Waals surface area contributed by atoms with Gasteiger partial charge < -0.3 is 5.32 Å². The van der Waals surface area contributed by atoms with Gasteiger partial charge in [0, 0.05) is 24.3 Å². The zero-order valence-corrected chi connectivity index (χ0v) is 15.2. The highest BCUT2D eigenvalue weighted by molar-refractivity contribution is 7.89. The van der Waals surface area contributed by atoms with Gasteiger partial charge in [-0.2, -0.15) is 9.57 Å². The number of sulfonamides is 1. The molecule has 0 saturated heterocycles. The van der Waals surface area contributed by atoms with E-state index in [4.69, 9.17) is 5.26 Å². The van der Waals surface area contributed by atoms with Gasteiger partial charge in [-0.3, -0.25) is 4.79 Å². The van der Waals surface area contributed by atoms with E-state index < -0.39 is 26.6 Å². The Morgan fingerprint density at radius 3 is 2.31 bits per heavy atom. The Morgan fingerprint density at radius 2 is 1.77 bits per heavy atom. The number of nitrogens with zero attached hydrogens (tertiary/aromatic N) is 2. The maximum absolute atomic E-state index is 14.1. The van der Waals surface area contributed by atoms with Crippen molar-refractivity contribution < 1.29 is 17.6 Å². The Labute approximate surface area is 151 Å². The van der Waals surface area contributed by atoms with Gasteiger partial charge in [-0.15, -0.1) is 0 Å². The van der Waals surface area contributed by atoms with E-state index in [2.05, 4.69) is 5.32 Å². The predicted octanol–water partition coefficient (Wildman–Crippen LogP) is 2.98. The van der Waals surface area contributed by atoms with E-state index in [1.165, 1.54) is 18.2 Å². The van der Waals surface area contributed by atoms with Crippen molar-refractivity contribution in [2.45, 2.75) is 18.7 Å². The molecule has 0 radical (unpaired) electrons. The van der Waals surface area contributed by atoms with Crippen molar-refractivity contribution in [3.63, 3.8) is 0 Å². The summed E-state index contributed by atoms with van der Waals surface area (Å²) in [7, 11) is -4.03. The zero-order valence-electron chi connectivity index (χ0n) is 14.4. The van der Waals surface area contributed by atoms with Crippen molar-refractivity contribution >= 4 is 21.6 Å². The number of hydrogen-bond donors (Lipinski definition) is 1. The van der Waals surface area contributed by atoms with Gasteiger partial charge in [-0.25, -0.2) is 12.8 Å². The lowest BCUT2D eigenvalue weighted by Gasteiger charge is -2.19. The van der Waals surface area contributed by atoms with Crippen LogP contribution in [-0.4, -0.2) is 31.7 Å². The number of hydrogen-bond acceptors (Lipinski definition) is 4. The standard InChI is InChI=1S/C18H18FN3O3S/c1-3-22(4-2)26(24,25)17-11-14(7-10-16(17)19)18(23)21-15-8-5-13(12-20)6-9-15/h5-11H,3-4H2,1-2H3,(H,21,23). The highest BCUT2D eigenvalue weighted by atomic mass is 32.2. The smallest absolute Gasteiger partial charge is 0.255 e. The Morgan fingerprint density at radius 1 is 1.15 bits per heavy atom. The van der Waals surface area contributed by atoms with E-state index >= 15 is 0 Å². The van der Waals surface area contributed by atoms with Crippen molar-refractivity contribution in [2.75, 3.05) is 18.4 Å². The molecular formula is C18H18FN3O3S. The summed E-state index contributed by atoms with van der Waals surface area (Å²) in [4.78, 5) is 11.8. The first-order valence-corrected chi connectivity index (χ1v) is 9.38. The van der Waals surface area contributed by atoms with Crippen LogP contribution in [0.1, 0.15) is 29.8 Å². The van der Waals surface area contributed by atoms with E-state index in [9.17, 15) is 17.6 Å². The van der Waals surface area contributed by atoms with Gasteiger partial charge in [-0.1, -0.05) is 13.8 Å². The van der Waals surface area contributed by atoms with Crippen LogP contribution in [-0.2, 0) is 10.0 Å². The molecule has 8 heteroatoms. The first-order valence-electron chi connectivity index (χ1n) is 7.94. The van der Waals surface area contributed by atoms with Gasteiger partial charge in [0.25, 0.3) is 5.91 Å². The molecule has 136 valence electrons. The number of nitriles is 1. The largest absolute Gasteiger partial charge is 0.322 e. The molecule has 26 heavy (non-hydrogen) atoms. The van der Waals surface area contributed by atoms with Crippen LogP contribution in [0.5, 0.6) is 0 Å². The molecule has 1 N–H and O–H groups in total. The van der Waals surface area contributed by atoms with Gasteiger partial charge in [0.05, 0.1) is 11.6 Å². The third kappa shape index (κ3) is 4.07. The molecule has 0 heterocycles. The van der Waals surface area contributed by atoms with Gasteiger partial charge in [0.1, 0.15) is 10.7 Å². The number of amides is 1. The maximum Gasteiger partial charge on any atom is 0.255 e. The number of halogens is 1. The topological polar surface area (TPSA) is 90.3 Å². The molecular weight excluding hydrogens is 357 g/mol. The molecule has 1 amide bonds. The normalized spacial score (nSPS) is 11.2. The molecule has 0 aliphatic rings. The van der Waals surface area contributed by atoms with E-state index in [0.717, 1.165) is 16.4 Å². The van der Waals surface area contributed by atoms with Crippen LogP contribution >= 0.6 is 0 Å². The molecule has 2 aromatic rings. The summed E-state index contributed by atoms with van der Waals surface area (Å²) in [6, 6.07) is 11.4. The average molecular weight is 375 g/mol. The van der Waals surface area contributed by atoms with E-state index in [-0.39, 0.29) is 18.7 Å². The maximum atomic E-state index is 14.1. The van der Waals surface area contributed by atoms with Crippen LogP contribution in [0.3, 0.4) is 0 Å². The first kappa shape index (κ1) is 19.6. The molecule has 0 unspecified atom stereocenters. The minimum absolute atomic E-state index is 0.0153. The highest BCUT2D eigenvalue weighted by Crippen LogP contribution is 2.21. The lowest BCUT2D eigenvalue weighted by molar-refractivity contribution is 0.102. The monoisotopic (exact) mass is 375 g/mol. The first-order chi connectivity index (χ1) is 12.3.